The van der Waals surface area contributed by atoms with E-state index in [4.69, 9.17) is 0 Å². The van der Waals surface area contributed by atoms with E-state index in [1.165, 1.54) is 35.6 Å². The Morgan fingerprint density at radius 2 is 1.90 bits per heavy atom. The molecular weight excluding hydrogens is 401 g/mol. The zero-order valence-corrected chi connectivity index (χ0v) is 17.1. The fourth-order valence-corrected chi connectivity index (χ4v) is 4.30. The fraction of sp³-hybridized carbons (Fsp3) is 0.130. The van der Waals surface area contributed by atoms with Crippen molar-refractivity contribution in [2.24, 2.45) is 0 Å². The molecule has 7 heteroatoms. The van der Waals surface area contributed by atoms with Gasteiger partial charge in [0.05, 0.1) is 9.88 Å². The highest BCUT2D eigenvalue weighted by molar-refractivity contribution is 7.18. The number of hydrogen-bond acceptors (Lipinski definition) is 3. The monoisotopic (exact) mass is 421 g/mol. The molecule has 2 amide bonds. The molecule has 0 fully saturated rings. The Bertz CT molecular complexity index is 1230. The molecule has 0 atom stereocenters. The van der Waals surface area contributed by atoms with Crippen LogP contribution in [-0.2, 0) is 6.42 Å². The summed E-state index contributed by atoms with van der Waals surface area (Å²) in [5.74, 6) is -1.06. The topological polar surface area (TPSA) is 74.0 Å². The Morgan fingerprint density at radius 3 is 2.73 bits per heavy atom. The highest BCUT2D eigenvalue weighted by Gasteiger charge is 2.16. The number of rotatable bonds is 6. The molecule has 5 nitrogen and oxygen atoms in total. The van der Waals surface area contributed by atoms with E-state index in [1.807, 2.05) is 31.3 Å². The third-order valence-corrected chi connectivity index (χ3v) is 5.95. The van der Waals surface area contributed by atoms with Crippen molar-refractivity contribution < 1.29 is 14.0 Å². The molecule has 0 bridgehead atoms. The maximum Gasteiger partial charge on any atom is 0.261 e. The third kappa shape index (κ3) is 4.26. The molecule has 0 spiro atoms. The van der Waals surface area contributed by atoms with Gasteiger partial charge in [-0.05, 0) is 54.8 Å². The van der Waals surface area contributed by atoms with Crippen molar-refractivity contribution in [2.75, 3.05) is 11.9 Å². The van der Waals surface area contributed by atoms with Gasteiger partial charge in [0.15, 0.2) is 0 Å². The number of carbonyl (C=O) groups excluding carboxylic acids is 2. The molecule has 152 valence electrons. The molecule has 4 aromatic rings. The molecule has 0 aliphatic heterocycles. The summed E-state index contributed by atoms with van der Waals surface area (Å²) in [6.45, 7) is 2.33. The number of aromatic nitrogens is 1. The summed E-state index contributed by atoms with van der Waals surface area (Å²) in [6.07, 6.45) is 2.68. The van der Waals surface area contributed by atoms with Crippen LogP contribution in [0.1, 0.15) is 31.2 Å². The molecule has 0 unspecified atom stereocenters. The lowest BCUT2D eigenvalue weighted by Crippen LogP contribution is -2.25. The molecule has 0 saturated carbocycles. The van der Waals surface area contributed by atoms with Crippen LogP contribution in [0.2, 0.25) is 0 Å². The van der Waals surface area contributed by atoms with E-state index in [0.29, 0.717) is 22.8 Å². The molecule has 0 saturated heterocycles. The number of aromatic amines is 1. The van der Waals surface area contributed by atoms with E-state index in [2.05, 4.69) is 21.7 Å². The van der Waals surface area contributed by atoms with Crippen LogP contribution in [0.15, 0.2) is 60.8 Å². The van der Waals surface area contributed by atoms with Gasteiger partial charge < -0.3 is 15.6 Å². The Hall–Kier alpha value is -3.45. The minimum atomic E-state index is -0.472. The van der Waals surface area contributed by atoms with Crippen LogP contribution in [0.5, 0.6) is 0 Å². The minimum absolute atomic E-state index is 0.177. The zero-order valence-electron chi connectivity index (χ0n) is 16.3. The second kappa shape index (κ2) is 8.51. The van der Waals surface area contributed by atoms with Gasteiger partial charge in [-0.2, -0.15) is 0 Å². The smallest absolute Gasteiger partial charge is 0.261 e. The number of anilines is 1. The second-order valence-corrected chi connectivity index (χ2v) is 8.00. The number of nitrogens with one attached hydrogen (secondary N) is 3. The zero-order chi connectivity index (χ0) is 21.1. The highest BCUT2D eigenvalue weighted by atomic mass is 32.1. The lowest BCUT2D eigenvalue weighted by molar-refractivity contribution is 0.0956. The summed E-state index contributed by atoms with van der Waals surface area (Å²) in [5, 5.41) is 7.37. The van der Waals surface area contributed by atoms with E-state index >= 15 is 0 Å². The predicted molar refractivity (Wildman–Crippen MR) is 118 cm³/mol. The summed E-state index contributed by atoms with van der Waals surface area (Å²) >= 11 is 1.20. The van der Waals surface area contributed by atoms with Crippen LogP contribution in [0.3, 0.4) is 0 Å². The first-order valence-electron chi connectivity index (χ1n) is 9.52. The van der Waals surface area contributed by atoms with Gasteiger partial charge in [0.2, 0.25) is 0 Å². The average Bonchev–Trinajstić information content (AvgIpc) is 3.31. The number of benzene rings is 2. The van der Waals surface area contributed by atoms with E-state index in [-0.39, 0.29) is 11.5 Å². The Morgan fingerprint density at radius 1 is 1.07 bits per heavy atom. The summed E-state index contributed by atoms with van der Waals surface area (Å²) in [4.78, 5) is 28.7. The van der Waals surface area contributed by atoms with Gasteiger partial charge in [-0.3, -0.25) is 9.59 Å². The molecular formula is C23H20FN3O2S. The van der Waals surface area contributed by atoms with Crippen LogP contribution < -0.4 is 10.6 Å². The van der Waals surface area contributed by atoms with Crippen molar-refractivity contribution in [2.45, 2.75) is 13.3 Å². The number of H-pyrrole nitrogens is 1. The SMILES string of the molecule is Cc1cc(NC(=O)c2cccc(F)c2)sc1C(=O)NCCc1c[nH]c2ccccc12. The van der Waals surface area contributed by atoms with E-state index in [1.54, 1.807) is 6.07 Å². The van der Waals surface area contributed by atoms with Crippen molar-refractivity contribution in [3.05, 3.63) is 88.2 Å². The maximum absolute atomic E-state index is 13.3. The number of aryl methyl sites for hydroxylation is 1. The van der Waals surface area contributed by atoms with Gasteiger partial charge >= 0.3 is 0 Å². The molecule has 0 radical (unpaired) electrons. The van der Waals surface area contributed by atoms with Crippen LogP contribution in [0.25, 0.3) is 10.9 Å². The van der Waals surface area contributed by atoms with Crippen molar-refractivity contribution in [1.29, 1.82) is 0 Å². The van der Waals surface area contributed by atoms with Crippen LogP contribution in [-0.4, -0.2) is 23.3 Å². The van der Waals surface area contributed by atoms with Crippen LogP contribution >= 0.6 is 11.3 Å². The van der Waals surface area contributed by atoms with E-state index in [9.17, 15) is 14.0 Å². The molecule has 2 aromatic heterocycles. The number of hydrogen-bond donors (Lipinski definition) is 3. The standard InChI is InChI=1S/C23H20FN3O2S/c1-14-11-20(27-22(28)15-5-4-6-17(24)12-15)30-21(14)23(29)25-10-9-16-13-26-19-8-3-2-7-18(16)19/h2-8,11-13,26H,9-10H2,1H3,(H,25,29)(H,27,28). The first-order valence-corrected chi connectivity index (χ1v) is 10.3. The average molecular weight is 421 g/mol. The second-order valence-electron chi connectivity index (χ2n) is 6.95. The van der Waals surface area contributed by atoms with Crippen molar-refractivity contribution >= 4 is 39.1 Å². The maximum atomic E-state index is 13.3. The molecule has 2 aromatic carbocycles. The third-order valence-electron chi connectivity index (χ3n) is 4.80. The first-order chi connectivity index (χ1) is 14.5. The van der Waals surface area contributed by atoms with Crippen molar-refractivity contribution in [3.8, 4) is 0 Å². The molecule has 4 rings (SSSR count). The quantitative estimate of drug-likeness (QED) is 0.414. The van der Waals surface area contributed by atoms with Crippen molar-refractivity contribution in [1.82, 2.24) is 10.3 Å². The minimum Gasteiger partial charge on any atom is -0.361 e. The van der Waals surface area contributed by atoms with E-state index < -0.39 is 11.7 Å². The molecule has 0 aliphatic carbocycles. The number of para-hydroxylation sites is 1. The Balaban J connectivity index is 1.37. The summed E-state index contributed by atoms with van der Waals surface area (Å²) in [7, 11) is 0. The number of thiophene rings is 1. The number of amides is 2. The van der Waals surface area contributed by atoms with Gasteiger partial charge in [-0.25, -0.2) is 4.39 Å². The van der Waals surface area contributed by atoms with Gasteiger partial charge in [-0.1, -0.05) is 24.3 Å². The van der Waals surface area contributed by atoms with Crippen molar-refractivity contribution in [3.63, 3.8) is 0 Å². The Labute approximate surface area is 176 Å². The first kappa shape index (κ1) is 19.8. The van der Waals surface area contributed by atoms with Crippen LogP contribution in [0.4, 0.5) is 9.39 Å². The molecule has 30 heavy (non-hydrogen) atoms. The molecule has 3 N–H and O–H groups in total. The normalized spacial score (nSPS) is 10.9. The largest absolute Gasteiger partial charge is 0.361 e. The number of halogens is 1. The van der Waals surface area contributed by atoms with E-state index in [0.717, 1.165) is 22.0 Å². The lowest BCUT2D eigenvalue weighted by Gasteiger charge is -2.04. The van der Waals surface area contributed by atoms with Crippen LogP contribution in [0, 0.1) is 12.7 Å². The lowest BCUT2D eigenvalue weighted by atomic mass is 10.1. The van der Waals surface area contributed by atoms with Gasteiger partial charge in [0, 0.05) is 29.2 Å². The fourth-order valence-electron chi connectivity index (χ4n) is 3.31. The summed E-state index contributed by atoms with van der Waals surface area (Å²) in [5.41, 5.74) is 3.23. The van der Waals surface area contributed by atoms with Gasteiger partial charge in [0.25, 0.3) is 11.8 Å². The molecule has 0 aliphatic rings. The van der Waals surface area contributed by atoms with Gasteiger partial charge in [0.1, 0.15) is 5.82 Å². The van der Waals surface area contributed by atoms with Gasteiger partial charge in [-0.15, -0.1) is 11.3 Å². The molecule has 2 heterocycles. The summed E-state index contributed by atoms with van der Waals surface area (Å²) < 4.78 is 13.3. The summed E-state index contributed by atoms with van der Waals surface area (Å²) in [6, 6.07) is 15.3. The highest BCUT2D eigenvalue weighted by Crippen LogP contribution is 2.27. The number of carbonyl (C=O) groups is 2. The predicted octanol–water partition coefficient (Wildman–Crippen LogP) is 4.90. The Kier molecular flexibility index (Phi) is 5.63. The number of fused-ring (bicyclic) bond motifs is 1.